The van der Waals surface area contributed by atoms with Gasteiger partial charge in [0.25, 0.3) is 0 Å². The molecule has 3 rings (SSSR count). The molecule has 1 fully saturated rings. The number of likely N-dealkylation sites (tertiary alicyclic amines) is 1. The van der Waals surface area contributed by atoms with Gasteiger partial charge in [0.1, 0.15) is 0 Å². The topological polar surface area (TPSA) is 32.3 Å². The Labute approximate surface area is 158 Å². The number of anilines is 1. The normalized spacial score (nSPS) is 18.1. The number of nitrogens with one attached hydrogen (secondary N) is 1. The minimum absolute atomic E-state index is 0.0180. The van der Waals surface area contributed by atoms with Crippen molar-refractivity contribution in [2.45, 2.75) is 26.3 Å². The van der Waals surface area contributed by atoms with Crippen molar-refractivity contribution in [3.05, 3.63) is 63.6 Å². The van der Waals surface area contributed by atoms with E-state index in [2.05, 4.69) is 10.2 Å². The first-order valence-corrected chi connectivity index (χ1v) is 9.31. The maximum atomic E-state index is 12.6. The minimum atomic E-state index is -0.0180. The minimum Gasteiger partial charge on any atom is -0.326 e. The molecule has 1 atom stereocenters. The number of carbonyl (C=O) groups is 1. The zero-order chi connectivity index (χ0) is 17.8. The van der Waals surface area contributed by atoms with E-state index in [-0.39, 0.29) is 11.8 Å². The van der Waals surface area contributed by atoms with E-state index in [9.17, 15) is 4.79 Å². The Bertz CT molecular complexity index is 743. The number of rotatable bonds is 4. The summed E-state index contributed by atoms with van der Waals surface area (Å²) in [5.41, 5.74) is 2.93. The van der Waals surface area contributed by atoms with Crippen molar-refractivity contribution in [2.75, 3.05) is 18.4 Å². The number of halogens is 2. The predicted octanol–water partition coefficient (Wildman–Crippen LogP) is 5.15. The third-order valence-electron chi connectivity index (χ3n) is 4.61. The molecule has 1 amide bonds. The van der Waals surface area contributed by atoms with Crippen LogP contribution in [-0.2, 0) is 11.3 Å². The standard InChI is InChI=1S/C20H22Cl2N2O/c1-14-5-2-7-16(11-14)23-20(25)15-6-4-10-24(12-15)13-17-18(21)8-3-9-19(17)22/h2-3,5,7-9,11,15H,4,6,10,12-13H2,1H3,(H,23,25). The summed E-state index contributed by atoms with van der Waals surface area (Å²) < 4.78 is 0. The fourth-order valence-electron chi connectivity index (χ4n) is 3.29. The maximum Gasteiger partial charge on any atom is 0.228 e. The van der Waals surface area contributed by atoms with Gasteiger partial charge >= 0.3 is 0 Å². The van der Waals surface area contributed by atoms with E-state index in [4.69, 9.17) is 23.2 Å². The molecule has 0 radical (unpaired) electrons. The second-order valence-electron chi connectivity index (χ2n) is 6.63. The van der Waals surface area contributed by atoms with Crippen LogP contribution in [0.3, 0.4) is 0 Å². The summed E-state index contributed by atoms with van der Waals surface area (Å²) >= 11 is 12.6. The molecule has 0 aromatic heterocycles. The quantitative estimate of drug-likeness (QED) is 0.799. The van der Waals surface area contributed by atoms with Gasteiger partial charge < -0.3 is 5.32 Å². The molecule has 1 saturated heterocycles. The summed E-state index contributed by atoms with van der Waals surface area (Å²) in [6, 6.07) is 13.5. The molecule has 0 aliphatic carbocycles. The molecular weight excluding hydrogens is 355 g/mol. The molecule has 25 heavy (non-hydrogen) atoms. The SMILES string of the molecule is Cc1cccc(NC(=O)C2CCCN(Cc3c(Cl)cccc3Cl)C2)c1. The highest BCUT2D eigenvalue weighted by Gasteiger charge is 2.26. The first-order valence-electron chi connectivity index (χ1n) is 8.55. The number of benzene rings is 2. The van der Waals surface area contributed by atoms with Gasteiger partial charge in [-0.25, -0.2) is 0 Å². The third-order valence-corrected chi connectivity index (χ3v) is 5.31. The summed E-state index contributed by atoms with van der Waals surface area (Å²) in [5.74, 6) is 0.0658. The number of hydrogen-bond acceptors (Lipinski definition) is 2. The van der Waals surface area contributed by atoms with E-state index in [1.165, 1.54) is 0 Å². The van der Waals surface area contributed by atoms with Crippen molar-refractivity contribution >= 4 is 34.8 Å². The van der Waals surface area contributed by atoms with Crippen LogP contribution in [0.2, 0.25) is 10.0 Å². The van der Waals surface area contributed by atoms with Crippen LogP contribution in [0.4, 0.5) is 5.69 Å². The average molecular weight is 377 g/mol. The maximum absolute atomic E-state index is 12.6. The predicted molar refractivity (Wildman–Crippen MR) is 104 cm³/mol. The largest absolute Gasteiger partial charge is 0.326 e. The Morgan fingerprint density at radius 1 is 1.20 bits per heavy atom. The van der Waals surface area contributed by atoms with E-state index in [0.29, 0.717) is 16.6 Å². The second kappa shape index (κ2) is 8.22. The Kier molecular flexibility index (Phi) is 6.00. The van der Waals surface area contributed by atoms with E-state index in [0.717, 1.165) is 42.7 Å². The molecular formula is C20H22Cl2N2O. The lowest BCUT2D eigenvalue weighted by atomic mass is 9.96. The van der Waals surface area contributed by atoms with E-state index >= 15 is 0 Å². The van der Waals surface area contributed by atoms with E-state index in [1.54, 1.807) is 0 Å². The molecule has 1 aliphatic heterocycles. The number of aryl methyl sites for hydroxylation is 1. The zero-order valence-corrected chi connectivity index (χ0v) is 15.8. The molecule has 0 spiro atoms. The van der Waals surface area contributed by atoms with Crippen LogP contribution in [0.15, 0.2) is 42.5 Å². The highest BCUT2D eigenvalue weighted by molar-refractivity contribution is 6.35. The van der Waals surface area contributed by atoms with Gasteiger partial charge in [-0.3, -0.25) is 9.69 Å². The number of nitrogens with zero attached hydrogens (tertiary/aromatic N) is 1. The summed E-state index contributed by atoms with van der Waals surface area (Å²) in [7, 11) is 0. The summed E-state index contributed by atoms with van der Waals surface area (Å²) in [6.07, 6.45) is 1.90. The fraction of sp³-hybridized carbons (Fsp3) is 0.350. The van der Waals surface area contributed by atoms with Gasteiger partial charge in [-0.05, 0) is 56.1 Å². The van der Waals surface area contributed by atoms with Crippen molar-refractivity contribution in [3.63, 3.8) is 0 Å². The van der Waals surface area contributed by atoms with Gasteiger partial charge in [-0.15, -0.1) is 0 Å². The number of carbonyl (C=O) groups excluding carboxylic acids is 1. The summed E-state index contributed by atoms with van der Waals surface area (Å²) in [6.45, 7) is 4.37. The molecule has 0 saturated carbocycles. The molecule has 1 aliphatic rings. The number of amides is 1. The highest BCUT2D eigenvalue weighted by atomic mass is 35.5. The van der Waals surface area contributed by atoms with Crippen LogP contribution in [-0.4, -0.2) is 23.9 Å². The van der Waals surface area contributed by atoms with Crippen LogP contribution in [0.1, 0.15) is 24.0 Å². The Morgan fingerprint density at radius 2 is 1.92 bits per heavy atom. The molecule has 132 valence electrons. The molecule has 3 nitrogen and oxygen atoms in total. The van der Waals surface area contributed by atoms with Gasteiger partial charge in [0, 0.05) is 34.4 Å². The second-order valence-corrected chi connectivity index (χ2v) is 7.45. The van der Waals surface area contributed by atoms with Crippen molar-refractivity contribution in [1.29, 1.82) is 0 Å². The molecule has 1 N–H and O–H groups in total. The molecule has 1 heterocycles. The molecule has 5 heteroatoms. The lowest BCUT2D eigenvalue weighted by molar-refractivity contribution is -0.121. The smallest absolute Gasteiger partial charge is 0.228 e. The van der Waals surface area contributed by atoms with Gasteiger partial charge in [0.15, 0.2) is 0 Å². The molecule has 2 aromatic carbocycles. The van der Waals surface area contributed by atoms with Gasteiger partial charge in [-0.1, -0.05) is 41.4 Å². The van der Waals surface area contributed by atoms with Crippen molar-refractivity contribution in [2.24, 2.45) is 5.92 Å². The summed E-state index contributed by atoms with van der Waals surface area (Å²) in [5, 5.41) is 4.40. The van der Waals surface area contributed by atoms with Gasteiger partial charge in [0.05, 0.1) is 5.92 Å². The zero-order valence-electron chi connectivity index (χ0n) is 14.3. The first kappa shape index (κ1) is 18.2. The monoisotopic (exact) mass is 376 g/mol. The van der Waals surface area contributed by atoms with Gasteiger partial charge in [-0.2, -0.15) is 0 Å². The number of piperidine rings is 1. The number of hydrogen-bond donors (Lipinski definition) is 1. The first-order chi connectivity index (χ1) is 12.0. The van der Waals surface area contributed by atoms with Crippen LogP contribution in [0, 0.1) is 12.8 Å². The average Bonchev–Trinajstić information content (AvgIpc) is 2.58. The van der Waals surface area contributed by atoms with E-state index < -0.39 is 0 Å². The molecule has 1 unspecified atom stereocenters. The van der Waals surface area contributed by atoms with Crippen molar-refractivity contribution in [1.82, 2.24) is 4.90 Å². The lowest BCUT2D eigenvalue weighted by Gasteiger charge is -2.32. The van der Waals surface area contributed by atoms with Crippen LogP contribution in [0.5, 0.6) is 0 Å². The van der Waals surface area contributed by atoms with E-state index in [1.807, 2.05) is 49.4 Å². The van der Waals surface area contributed by atoms with Crippen molar-refractivity contribution < 1.29 is 4.79 Å². The lowest BCUT2D eigenvalue weighted by Crippen LogP contribution is -2.40. The van der Waals surface area contributed by atoms with Gasteiger partial charge in [0.2, 0.25) is 5.91 Å². The van der Waals surface area contributed by atoms with Crippen LogP contribution < -0.4 is 5.32 Å². The molecule has 0 bridgehead atoms. The highest BCUT2D eigenvalue weighted by Crippen LogP contribution is 2.28. The van der Waals surface area contributed by atoms with Crippen LogP contribution in [0.25, 0.3) is 0 Å². The Balaban J connectivity index is 1.63. The third kappa shape index (κ3) is 4.75. The Hall–Kier alpha value is -1.55. The molecule has 2 aromatic rings. The fourth-order valence-corrected chi connectivity index (χ4v) is 3.80. The summed E-state index contributed by atoms with van der Waals surface area (Å²) in [4.78, 5) is 14.9. The van der Waals surface area contributed by atoms with Crippen LogP contribution >= 0.6 is 23.2 Å². The Morgan fingerprint density at radius 3 is 2.64 bits per heavy atom. The van der Waals surface area contributed by atoms with Crippen molar-refractivity contribution in [3.8, 4) is 0 Å².